The van der Waals surface area contributed by atoms with Crippen LogP contribution in [0.3, 0.4) is 0 Å². The first-order valence-corrected chi connectivity index (χ1v) is 8.38. The van der Waals surface area contributed by atoms with Crippen molar-refractivity contribution in [1.82, 2.24) is 4.90 Å². The van der Waals surface area contributed by atoms with Gasteiger partial charge in [-0.05, 0) is 56.4 Å². The summed E-state index contributed by atoms with van der Waals surface area (Å²) < 4.78 is 5.16. The zero-order valence-electron chi connectivity index (χ0n) is 13.2. The first-order valence-electron chi connectivity index (χ1n) is 8.38. The summed E-state index contributed by atoms with van der Waals surface area (Å²) in [7, 11) is 3.79. The number of esters is 1. The topological polar surface area (TPSA) is 29.5 Å². The molecule has 1 aliphatic heterocycles. The predicted octanol–water partition coefficient (Wildman–Crippen LogP) is 2.94. The van der Waals surface area contributed by atoms with E-state index in [9.17, 15) is 4.79 Å². The van der Waals surface area contributed by atoms with Gasteiger partial charge in [-0.15, -0.1) is 0 Å². The van der Waals surface area contributed by atoms with Gasteiger partial charge in [0.1, 0.15) is 0 Å². The lowest BCUT2D eigenvalue weighted by Gasteiger charge is -2.41. The molecule has 0 aromatic rings. The van der Waals surface area contributed by atoms with Gasteiger partial charge in [0.25, 0.3) is 0 Å². The molecule has 4 atom stereocenters. The highest BCUT2D eigenvalue weighted by Crippen LogP contribution is 2.49. The minimum absolute atomic E-state index is 0.0624. The monoisotopic (exact) mass is 279 g/mol. The molecule has 3 aliphatic rings. The number of likely N-dealkylation sites (tertiary alicyclic amines) is 1. The number of hydrogen-bond acceptors (Lipinski definition) is 3. The number of carbonyl (C=O) groups is 1. The molecule has 3 unspecified atom stereocenters. The number of rotatable bonds is 2. The Morgan fingerprint density at radius 3 is 2.45 bits per heavy atom. The Morgan fingerprint density at radius 2 is 1.80 bits per heavy atom. The van der Waals surface area contributed by atoms with E-state index >= 15 is 0 Å². The van der Waals surface area contributed by atoms with Crippen LogP contribution in [0.5, 0.6) is 0 Å². The minimum Gasteiger partial charge on any atom is -0.469 e. The van der Waals surface area contributed by atoms with Crippen molar-refractivity contribution in [2.45, 2.75) is 51.5 Å². The lowest BCUT2D eigenvalue weighted by Crippen LogP contribution is -2.41. The van der Waals surface area contributed by atoms with Crippen molar-refractivity contribution < 1.29 is 9.53 Å². The van der Waals surface area contributed by atoms with Crippen LogP contribution < -0.4 is 0 Å². The van der Waals surface area contributed by atoms with E-state index in [2.05, 4.69) is 18.9 Å². The Balaban J connectivity index is 1.78. The molecule has 0 N–H and O–H groups in total. The lowest BCUT2D eigenvalue weighted by atomic mass is 9.63. The summed E-state index contributed by atoms with van der Waals surface area (Å²) in [4.78, 5) is 14.8. The van der Waals surface area contributed by atoms with Gasteiger partial charge in [-0.1, -0.05) is 19.8 Å². The Labute approximate surface area is 123 Å². The van der Waals surface area contributed by atoms with E-state index in [1.807, 2.05) is 0 Å². The quantitative estimate of drug-likeness (QED) is 0.728. The molecule has 2 saturated carbocycles. The molecule has 0 aromatic heterocycles. The van der Waals surface area contributed by atoms with Gasteiger partial charge in [0.15, 0.2) is 0 Å². The van der Waals surface area contributed by atoms with E-state index in [-0.39, 0.29) is 11.9 Å². The summed E-state index contributed by atoms with van der Waals surface area (Å²) in [6, 6.07) is 0.713. The Hall–Kier alpha value is -0.570. The van der Waals surface area contributed by atoms with Crippen molar-refractivity contribution in [2.24, 2.45) is 29.6 Å². The summed E-state index contributed by atoms with van der Waals surface area (Å²) >= 11 is 0. The molecule has 1 heterocycles. The second-order valence-electron chi connectivity index (χ2n) is 7.56. The van der Waals surface area contributed by atoms with Crippen LogP contribution in [0.15, 0.2) is 0 Å². The van der Waals surface area contributed by atoms with E-state index in [1.165, 1.54) is 38.5 Å². The number of ether oxygens (including phenoxy) is 1. The minimum atomic E-state index is 0.0624. The average Bonchev–Trinajstić information content (AvgIpc) is 2.74. The van der Waals surface area contributed by atoms with Crippen molar-refractivity contribution in [3.05, 3.63) is 0 Å². The van der Waals surface area contributed by atoms with Gasteiger partial charge in [-0.2, -0.15) is 0 Å². The van der Waals surface area contributed by atoms with E-state index < -0.39 is 0 Å². The highest BCUT2D eigenvalue weighted by molar-refractivity contribution is 5.73. The maximum Gasteiger partial charge on any atom is 0.309 e. The molecule has 1 saturated heterocycles. The maximum absolute atomic E-state index is 12.3. The number of hydrogen-bond donors (Lipinski definition) is 0. The van der Waals surface area contributed by atoms with E-state index in [1.54, 1.807) is 7.11 Å². The molecule has 0 radical (unpaired) electrons. The SMILES string of the molecule is COC(=O)C1C2C[C@H](CC1C1CCC(C)CC1)N(C)C2. The van der Waals surface area contributed by atoms with Gasteiger partial charge >= 0.3 is 5.97 Å². The first kappa shape index (κ1) is 14.4. The molecule has 2 aliphatic carbocycles. The summed E-state index contributed by atoms with van der Waals surface area (Å²) in [6.45, 7) is 3.45. The molecule has 2 bridgehead atoms. The third-order valence-electron chi connectivity index (χ3n) is 6.37. The molecular formula is C17H29NO2. The van der Waals surface area contributed by atoms with Crippen LogP contribution in [0.1, 0.15) is 45.4 Å². The molecule has 114 valence electrons. The summed E-state index contributed by atoms with van der Waals surface area (Å²) in [5, 5.41) is 0. The second-order valence-corrected chi connectivity index (χ2v) is 7.56. The highest BCUT2D eigenvalue weighted by atomic mass is 16.5. The molecule has 0 amide bonds. The number of methoxy groups -OCH3 is 1. The Bertz CT molecular complexity index is 360. The van der Waals surface area contributed by atoms with Gasteiger partial charge in [0.2, 0.25) is 0 Å². The lowest BCUT2D eigenvalue weighted by molar-refractivity contribution is -0.152. The van der Waals surface area contributed by atoms with E-state index in [0.717, 1.165) is 18.4 Å². The van der Waals surface area contributed by atoms with Crippen LogP contribution in [0.4, 0.5) is 0 Å². The van der Waals surface area contributed by atoms with E-state index in [4.69, 9.17) is 4.74 Å². The molecule has 20 heavy (non-hydrogen) atoms. The molecule has 0 aromatic carbocycles. The van der Waals surface area contributed by atoms with Crippen LogP contribution in [0.25, 0.3) is 0 Å². The van der Waals surface area contributed by atoms with Crippen LogP contribution in [0.2, 0.25) is 0 Å². The Kier molecular flexibility index (Phi) is 4.07. The normalized spacial score (nSPS) is 45.4. The number of nitrogens with zero attached hydrogens (tertiary/aromatic N) is 1. The fraction of sp³-hybridized carbons (Fsp3) is 0.941. The molecule has 3 fully saturated rings. The summed E-state index contributed by atoms with van der Waals surface area (Å²) in [6.07, 6.45) is 7.76. The molecular weight excluding hydrogens is 250 g/mol. The maximum atomic E-state index is 12.3. The first-order chi connectivity index (χ1) is 9.60. The standard InChI is InChI=1S/C17H29NO2/c1-11-4-6-12(7-5-11)15-9-14-8-13(10-18(14)2)16(15)17(19)20-3/h11-16H,4-10H2,1-3H3/t11?,12?,13?,14-,15?,16?/m1/s1. The average molecular weight is 279 g/mol. The summed E-state index contributed by atoms with van der Waals surface area (Å²) in [5.74, 6) is 2.98. The molecule has 3 heteroatoms. The van der Waals surface area contributed by atoms with Gasteiger partial charge in [-0.3, -0.25) is 4.79 Å². The van der Waals surface area contributed by atoms with Crippen LogP contribution >= 0.6 is 0 Å². The van der Waals surface area contributed by atoms with E-state index in [0.29, 0.717) is 17.9 Å². The van der Waals surface area contributed by atoms with Crippen molar-refractivity contribution in [1.29, 1.82) is 0 Å². The third kappa shape index (κ3) is 2.49. The van der Waals surface area contributed by atoms with Gasteiger partial charge in [-0.25, -0.2) is 0 Å². The second kappa shape index (κ2) is 5.67. The zero-order chi connectivity index (χ0) is 14.3. The van der Waals surface area contributed by atoms with Crippen LogP contribution in [-0.2, 0) is 9.53 Å². The third-order valence-corrected chi connectivity index (χ3v) is 6.37. The fourth-order valence-electron chi connectivity index (χ4n) is 5.17. The van der Waals surface area contributed by atoms with Crippen molar-refractivity contribution in [2.75, 3.05) is 20.7 Å². The van der Waals surface area contributed by atoms with Crippen molar-refractivity contribution >= 4 is 5.97 Å². The fourth-order valence-corrected chi connectivity index (χ4v) is 5.17. The molecule has 3 rings (SSSR count). The van der Waals surface area contributed by atoms with Crippen LogP contribution in [-0.4, -0.2) is 37.6 Å². The largest absolute Gasteiger partial charge is 0.469 e. The highest BCUT2D eigenvalue weighted by Gasteiger charge is 2.50. The number of carbonyl (C=O) groups excluding carboxylic acids is 1. The van der Waals surface area contributed by atoms with Gasteiger partial charge < -0.3 is 9.64 Å². The smallest absolute Gasteiger partial charge is 0.309 e. The van der Waals surface area contributed by atoms with Crippen molar-refractivity contribution in [3.63, 3.8) is 0 Å². The predicted molar refractivity (Wildman–Crippen MR) is 79.3 cm³/mol. The Morgan fingerprint density at radius 1 is 1.10 bits per heavy atom. The zero-order valence-corrected chi connectivity index (χ0v) is 13.2. The van der Waals surface area contributed by atoms with Gasteiger partial charge in [0, 0.05) is 12.6 Å². The summed E-state index contributed by atoms with van der Waals surface area (Å²) in [5.41, 5.74) is 0. The molecule has 3 nitrogen and oxygen atoms in total. The van der Waals surface area contributed by atoms with Gasteiger partial charge in [0.05, 0.1) is 13.0 Å². The molecule has 0 spiro atoms. The number of fused-ring (bicyclic) bond motifs is 2. The van der Waals surface area contributed by atoms with Crippen molar-refractivity contribution in [3.8, 4) is 0 Å². The van der Waals surface area contributed by atoms with Crippen LogP contribution in [0, 0.1) is 29.6 Å².